The predicted molar refractivity (Wildman–Crippen MR) is 126 cm³/mol. The highest BCUT2D eigenvalue weighted by atomic mass is 19.3. The molecule has 1 aliphatic carbocycles. The Morgan fingerprint density at radius 3 is 2.51 bits per heavy atom. The first kappa shape index (κ1) is 24.9. The number of carbonyl (C=O) groups excluding carboxylic acids is 2. The van der Waals surface area contributed by atoms with Gasteiger partial charge in [-0.15, -0.1) is 0 Å². The van der Waals surface area contributed by atoms with Gasteiger partial charge >= 0.3 is 0 Å². The summed E-state index contributed by atoms with van der Waals surface area (Å²) in [5, 5.41) is 0. The van der Waals surface area contributed by atoms with Crippen LogP contribution < -0.4 is 0 Å². The fourth-order valence-electron chi connectivity index (χ4n) is 4.98. The van der Waals surface area contributed by atoms with Gasteiger partial charge in [-0.25, -0.2) is 18.0 Å². The van der Waals surface area contributed by atoms with Gasteiger partial charge in [0.1, 0.15) is 5.82 Å². The number of halogens is 3. The number of amides is 1. The van der Waals surface area contributed by atoms with E-state index in [0.29, 0.717) is 43.0 Å². The van der Waals surface area contributed by atoms with Crippen LogP contribution >= 0.6 is 0 Å². The van der Waals surface area contributed by atoms with Gasteiger partial charge in [0, 0.05) is 63.0 Å². The highest BCUT2D eigenvalue weighted by Gasteiger charge is 2.50. The van der Waals surface area contributed by atoms with Crippen molar-refractivity contribution in [1.29, 1.82) is 0 Å². The molecule has 1 saturated carbocycles. The first-order chi connectivity index (χ1) is 16.6. The minimum absolute atomic E-state index is 0.0305. The number of Topliss-reactive ketones (excluding diaryl/α,β-unsaturated/α-hetero) is 1. The molecular formula is C27H28F3N3O2. The summed E-state index contributed by atoms with van der Waals surface area (Å²) in [4.78, 5) is 32.6. The van der Waals surface area contributed by atoms with E-state index in [1.54, 1.807) is 23.1 Å². The smallest absolute Gasteiger partial charge is 0.249 e. The topological polar surface area (TPSA) is 45.0 Å². The molecular weight excluding hydrogens is 455 g/mol. The highest BCUT2D eigenvalue weighted by Crippen LogP contribution is 2.43. The maximum Gasteiger partial charge on any atom is 0.249 e. The number of nitrogens with zero attached hydrogens (tertiary/aromatic N) is 3. The molecule has 2 aliphatic rings. The summed E-state index contributed by atoms with van der Waals surface area (Å²) in [7, 11) is 0. The summed E-state index contributed by atoms with van der Waals surface area (Å²) in [5.41, 5.74) is 3.01. The maximum atomic E-state index is 14.5. The van der Waals surface area contributed by atoms with Crippen molar-refractivity contribution in [1.82, 2.24) is 9.80 Å². The molecule has 0 radical (unpaired) electrons. The summed E-state index contributed by atoms with van der Waals surface area (Å²) in [6.45, 7) is 12.9. The fourth-order valence-corrected chi connectivity index (χ4v) is 4.98. The molecule has 1 heterocycles. The van der Waals surface area contributed by atoms with E-state index in [9.17, 15) is 22.8 Å². The number of rotatable bonds is 6. The molecule has 35 heavy (non-hydrogen) atoms. The van der Waals surface area contributed by atoms with Crippen molar-refractivity contribution >= 4 is 17.4 Å². The molecule has 1 atom stereocenters. The normalized spacial score (nSPS) is 20.2. The third kappa shape index (κ3) is 5.57. The first-order valence-corrected chi connectivity index (χ1v) is 11.8. The van der Waals surface area contributed by atoms with Crippen molar-refractivity contribution < 1.29 is 22.8 Å². The molecule has 0 bridgehead atoms. The molecule has 0 unspecified atom stereocenters. The van der Waals surface area contributed by atoms with E-state index in [1.165, 1.54) is 18.2 Å². The van der Waals surface area contributed by atoms with E-state index in [4.69, 9.17) is 6.57 Å². The highest BCUT2D eigenvalue weighted by molar-refractivity contribution is 5.98. The van der Waals surface area contributed by atoms with E-state index in [1.807, 2.05) is 13.8 Å². The Balaban J connectivity index is 1.41. The van der Waals surface area contributed by atoms with Crippen LogP contribution in [0.4, 0.5) is 18.9 Å². The van der Waals surface area contributed by atoms with Crippen LogP contribution in [0.3, 0.4) is 0 Å². The Hall–Kier alpha value is -3.18. The lowest BCUT2D eigenvalue weighted by molar-refractivity contribution is -0.163. The fraction of sp³-hybridized carbons (Fsp3) is 0.444. The summed E-state index contributed by atoms with van der Waals surface area (Å²) >= 11 is 0. The molecule has 2 aromatic carbocycles. The second-order valence-electron chi connectivity index (χ2n) is 9.69. The number of ketones is 1. The van der Waals surface area contributed by atoms with Crippen LogP contribution in [-0.2, 0) is 17.8 Å². The van der Waals surface area contributed by atoms with Crippen LogP contribution in [0, 0.1) is 25.2 Å². The molecule has 184 valence electrons. The van der Waals surface area contributed by atoms with Crippen molar-refractivity contribution in [2.24, 2.45) is 5.92 Å². The SMILES string of the molecule is [C-]#[N+]c1cccc(C(=O)Cc2cc(F)cc(CN3CCN(C(=O)C4CC(F)(F)C4)[C@@H](C)C3)c2C)c1. The Kier molecular flexibility index (Phi) is 7.00. The van der Waals surface area contributed by atoms with Gasteiger partial charge in [0.2, 0.25) is 11.8 Å². The van der Waals surface area contributed by atoms with Gasteiger partial charge in [-0.05, 0) is 48.7 Å². The van der Waals surface area contributed by atoms with Crippen LogP contribution in [0.5, 0.6) is 0 Å². The third-order valence-corrected chi connectivity index (χ3v) is 7.06. The molecule has 0 N–H and O–H groups in total. The summed E-state index contributed by atoms with van der Waals surface area (Å²) < 4.78 is 40.9. The summed E-state index contributed by atoms with van der Waals surface area (Å²) in [5.74, 6) is -4.12. The zero-order valence-corrected chi connectivity index (χ0v) is 19.9. The Bertz CT molecular complexity index is 1180. The van der Waals surface area contributed by atoms with Crippen LogP contribution in [0.25, 0.3) is 4.85 Å². The average Bonchev–Trinajstić information content (AvgIpc) is 2.80. The van der Waals surface area contributed by atoms with E-state index >= 15 is 0 Å². The van der Waals surface area contributed by atoms with Crippen LogP contribution in [-0.4, -0.2) is 53.1 Å². The van der Waals surface area contributed by atoms with Crippen molar-refractivity contribution in [2.45, 2.75) is 51.6 Å². The van der Waals surface area contributed by atoms with Gasteiger partial charge < -0.3 is 4.90 Å². The number of hydrogen-bond donors (Lipinski definition) is 0. The van der Waals surface area contributed by atoms with Crippen LogP contribution in [0.15, 0.2) is 36.4 Å². The lowest BCUT2D eigenvalue weighted by atomic mass is 9.80. The minimum Gasteiger partial charge on any atom is -0.337 e. The first-order valence-electron chi connectivity index (χ1n) is 11.8. The van der Waals surface area contributed by atoms with E-state index in [0.717, 1.165) is 11.1 Å². The van der Waals surface area contributed by atoms with Crippen LogP contribution in [0.2, 0.25) is 0 Å². The number of alkyl halides is 2. The van der Waals surface area contributed by atoms with Gasteiger partial charge in [-0.2, -0.15) is 0 Å². The van der Waals surface area contributed by atoms with Crippen molar-refractivity contribution in [3.63, 3.8) is 0 Å². The predicted octanol–water partition coefficient (Wildman–Crippen LogP) is 5.19. The number of benzene rings is 2. The third-order valence-electron chi connectivity index (χ3n) is 7.06. The number of carbonyl (C=O) groups is 2. The van der Waals surface area contributed by atoms with E-state index in [-0.39, 0.29) is 37.0 Å². The molecule has 2 fully saturated rings. The molecule has 0 spiro atoms. The Morgan fingerprint density at radius 1 is 1.14 bits per heavy atom. The van der Waals surface area contributed by atoms with Crippen molar-refractivity contribution in [3.05, 3.63) is 75.9 Å². The quantitative estimate of drug-likeness (QED) is 0.420. The molecule has 4 rings (SSSR count). The monoisotopic (exact) mass is 483 g/mol. The lowest BCUT2D eigenvalue weighted by Gasteiger charge is -2.44. The molecule has 1 aliphatic heterocycles. The minimum atomic E-state index is -2.72. The van der Waals surface area contributed by atoms with E-state index in [2.05, 4.69) is 9.74 Å². The molecule has 8 heteroatoms. The number of piperazine rings is 1. The molecule has 1 saturated heterocycles. The van der Waals surface area contributed by atoms with Crippen LogP contribution in [0.1, 0.15) is 46.8 Å². The Morgan fingerprint density at radius 2 is 1.86 bits per heavy atom. The van der Waals surface area contributed by atoms with Crippen molar-refractivity contribution in [3.8, 4) is 0 Å². The molecule has 2 aromatic rings. The summed E-state index contributed by atoms with van der Waals surface area (Å²) in [6.07, 6.45) is -0.710. The summed E-state index contributed by atoms with van der Waals surface area (Å²) in [6, 6.07) is 9.20. The zero-order valence-electron chi connectivity index (χ0n) is 19.9. The maximum absolute atomic E-state index is 14.5. The van der Waals surface area contributed by atoms with E-state index < -0.39 is 17.7 Å². The average molecular weight is 484 g/mol. The van der Waals surface area contributed by atoms with Gasteiger partial charge in [-0.1, -0.05) is 18.2 Å². The second kappa shape index (κ2) is 9.82. The molecule has 0 aromatic heterocycles. The second-order valence-corrected chi connectivity index (χ2v) is 9.69. The largest absolute Gasteiger partial charge is 0.337 e. The molecule has 5 nitrogen and oxygen atoms in total. The Labute approximate surface area is 203 Å². The standard InChI is InChI=1S/C27H28F3N3O2/c1-17-15-32(7-8-33(17)26(35)22-13-27(29,30)14-22)16-21-10-23(28)9-20(18(21)2)12-25(34)19-5-4-6-24(11-19)31-3/h4-6,9-11,17,22H,7-8,12-16H2,1-2H3/t17-/m0/s1. The zero-order chi connectivity index (χ0) is 25.3. The number of hydrogen-bond acceptors (Lipinski definition) is 3. The van der Waals surface area contributed by atoms with Crippen molar-refractivity contribution in [2.75, 3.05) is 19.6 Å². The lowest BCUT2D eigenvalue weighted by Crippen LogP contribution is -2.57. The van der Waals surface area contributed by atoms with Gasteiger partial charge in [0.05, 0.1) is 6.57 Å². The molecule has 1 amide bonds. The van der Waals surface area contributed by atoms with Gasteiger partial charge in [0.25, 0.3) is 0 Å². The van der Waals surface area contributed by atoms with Gasteiger partial charge in [-0.3, -0.25) is 14.5 Å². The van der Waals surface area contributed by atoms with Gasteiger partial charge in [0.15, 0.2) is 11.5 Å².